The van der Waals surface area contributed by atoms with E-state index in [1.165, 1.54) is 12.1 Å². The molecule has 2 heterocycles. The Hall–Kier alpha value is -2.21. The van der Waals surface area contributed by atoms with Crippen molar-refractivity contribution in [2.24, 2.45) is 0 Å². The minimum Gasteiger partial charge on any atom is -0.349 e. The number of carbonyl (C=O) groups is 1. The Morgan fingerprint density at radius 2 is 1.97 bits per heavy atom. The first kappa shape index (κ1) is 21.5. The fourth-order valence-electron chi connectivity index (χ4n) is 4.13. The molecule has 1 aromatic carbocycles. The first-order valence-electron chi connectivity index (χ1n) is 11.0. The van der Waals surface area contributed by atoms with Crippen molar-refractivity contribution in [3.63, 3.8) is 0 Å². The second-order valence-electron chi connectivity index (χ2n) is 7.80. The highest BCUT2D eigenvalue weighted by molar-refractivity contribution is 5.94. The van der Waals surface area contributed by atoms with Crippen LogP contribution in [0.1, 0.15) is 62.1 Å². The largest absolute Gasteiger partial charge is 0.349 e. The summed E-state index contributed by atoms with van der Waals surface area (Å²) in [6.07, 6.45) is 6.29. The van der Waals surface area contributed by atoms with E-state index in [9.17, 15) is 9.18 Å². The molecule has 0 bridgehead atoms. The zero-order valence-electron chi connectivity index (χ0n) is 17.7. The third-order valence-electron chi connectivity index (χ3n) is 5.46. The van der Waals surface area contributed by atoms with E-state index in [0.717, 1.165) is 76.0 Å². The van der Waals surface area contributed by atoms with Crippen LogP contribution in [0.4, 0.5) is 4.39 Å². The van der Waals surface area contributed by atoms with Gasteiger partial charge in [0, 0.05) is 25.2 Å². The van der Waals surface area contributed by atoms with Gasteiger partial charge in [-0.25, -0.2) is 9.37 Å². The van der Waals surface area contributed by atoms with Crippen molar-refractivity contribution in [1.82, 2.24) is 19.8 Å². The van der Waals surface area contributed by atoms with Crippen molar-refractivity contribution in [2.45, 2.75) is 58.9 Å². The topological polar surface area (TPSA) is 50.2 Å². The van der Waals surface area contributed by atoms with Crippen molar-refractivity contribution >= 4 is 5.91 Å². The van der Waals surface area contributed by atoms with Gasteiger partial charge in [0.05, 0.1) is 5.69 Å². The summed E-state index contributed by atoms with van der Waals surface area (Å²) in [4.78, 5) is 20.0. The van der Waals surface area contributed by atoms with Crippen LogP contribution in [0.2, 0.25) is 0 Å². The fraction of sp³-hybridized carbons (Fsp3) is 0.565. The number of fused-ring (bicyclic) bond motifs is 1. The van der Waals surface area contributed by atoms with E-state index in [1.807, 2.05) is 6.07 Å². The molecule has 1 aliphatic rings. The predicted octanol–water partition coefficient (Wildman–Crippen LogP) is 4.27. The summed E-state index contributed by atoms with van der Waals surface area (Å²) < 4.78 is 15.9. The molecule has 5 nitrogen and oxygen atoms in total. The minimum atomic E-state index is -0.286. The maximum atomic E-state index is 13.8. The highest BCUT2D eigenvalue weighted by Crippen LogP contribution is 2.27. The summed E-state index contributed by atoms with van der Waals surface area (Å²) in [5, 5.41) is 3.06. The number of benzene rings is 1. The van der Waals surface area contributed by atoms with Crippen LogP contribution >= 0.6 is 0 Å². The van der Waals surface area contributed by atoms with Gasteiger partial charge in [0.2, 0.25) is 0 Å². The third-order valence-corrected chi connectivity index (χ3v) is 5.46. The van der Waals surface area contributed by atoms with Gasteiger partial charge in [0.15, 0.2) is 0 Å². The van der Waals surface area contributed by atoms with Gasteiger partial charge < -0.3 is 14.8 Å². The summed E-state index contributed by atoms with van der Waals surface area (Å²) >= 11 is 0. The van der Waals surface area contributed by atoms with Crippen LogP contribution < -0.4 is 5.32 Å². The van der Waals surface area contributed by atoms with Gasteiger partial charge in [-0.3, -0.25) is 4.79 Å². The second-order valence-corrected chi connectivity index (χ2v) is 7.80. The summed E-state index contributed by atoms with van der Waals surface area (Å²) in [5.41, 5.74) is 2.21. The molecule has 1 N–H and O–H groups in total. The van der Waals surface area contributed by atoms with Gasteiger partial charge in [-0.1, -0.05) is 32.4 Å². The number of hydrogen-bond acceptors (Lipinski definition) is 3. The average molecular weight is 401 g/mol. The van der Waals surface area contributed by atoms with E-state index in [-0.39, 0.29) is 11.7 Å². The maximum absolute atomic E-state index is 13.8. The van der Waals surface area contributed by atoms with Crippen molar-refractivity contribution in [3.05, 3.63) is 41.5 Å². The standard InChI is InChI=1S/C23H33FN4O/c1-3-13-27(14-4-2)16-12-25-23(29)21-20-11-6-5-7-15-28(20)22(26-21)18-9-8-10-19(24)17-18/h8-10,17H,3-7,11-16H2,1-2H3,(H,25,29). The molecule has 0 saturated heterocycles. The Morgan fingerprint density at radius 3 is 2.69 bits per heavy atom. The highest BCUT2D eigenvalue weighted by Gasteiger charge is 2.24. The summed E-state index contributed by atoms with van der Waals surface area (Å²) in [6, 6.07) is 6.48. The molecule has 158 valence electrons. The van der Waals surface area contributed by atoms with Crippen molar-refractivity contribution in [3.8, 4) is 11.4 Å². The fourth-order valence-corrected chi connectivity index (χ4v) is 4.13. The molecule has 1 amide bonds. The molecular weight excluding hydrogens is 367 g/mol. The molecule has 1 aliphatic heterocycles. The predicted molar refractivity (Wildman–Crippen MR) is 115 cm³/mol. The molecule has 0 unspecified atom stereocenters. The lowest BCUT2D eigenvalue weighted by Gasteiger charge is -2.20. The summed E-state index contributed by atoms with van der Waals surface area (Å²) in [7, 11) is 0. The quantitative estimate of drug-likeness (QED) is 0.684. The number of nitrogens with one attached hydrogen (secondary N) is 1. The average Bonchev–Trinajstić information content (AvgIpc) is 2.89. The lowest BCUT2D eigenvalue weighted by molar-refractivity contribution is 0.0942. The number of amides is 1. The SMILES string of the molecule is CCCN(CCC)CCNC(=O)c1nc(-c2cccc(F)c2)n2c1CCCCC2. The molecular formula is C23H33FN4O. The van der Waals surface area contributed by atoms with Crippen LogP contribution in [0.5, 0.6) is 0 Å². The van der Waals surface area contributed by atoms with E-state index >= 15 is 0 Å². The minimum absolute atomic E-state index is 0.119. The number of nitrogens with zero attached hydrogens (tertiary/aromatic N) is 3. The summed E-state index contributed by atoms with van der Waals surface area (Å²) in [5.74, 6) is 0.294. The first-order valence-corrected chi connectivity index (χ1v) is 11.0. The van der Waals surface area contributed by atoms with E-state index < -0.39 is 0 Å². The zero-order chi connectivity index (χ0) is 20.6. The molecule has 3 rings (SSSR count). The van der Waals surface area contributed by atoms with Crippen LogP contribution in [-0.4, -0.2) is 46.5 Å². The van der Waals surface area contributed by atoms with Crippen LogP contribution in [0.3, 0.4) is 0 Å². The van der Waals surface area contributed by atoms with Gasteiger partial charge in [-0.05, 0) is 57.3 Å². The molecule has 1 aromatic heterocycles. The normalized spacial score (nSPS) is 13.9. The van der Waals surface area contributed by atoms with Crippen LogP contribution in [0.25, 0.3) is 11.4 Å². The van der Waals surface area contributed by atoms with E-state index in [1.54, 1.807) is 6.07 Å². The lowest BCUT2D eigenvalue weighted by Crippen LogP contribution is -2.36. The molecule has 29 heavy (non-hydrogen) atoms. The molecule has 0 atom stereocenters. The van der Waals surface area contributed by atoms with Crippen LogP contribution in [-0.2, 0) is 13.0 Å². The molecule has 0 fully saturated rings. The Kier molecular flexibility index (Phi) is 7.81. The molecule has 2 aromatic rings. The van der Waals surface area contributed by atoms with Crippen molar-refractivity contribution < 1.29 is 9.18 Å². The zero-order valence-corrected chi connectivity index (χ0v) is 17.7. The highest BCUT2D eigenvalue weighted by atomic mass is 19.1. The smallest absolute Gasteiger partial charge is 0.271 e. The molecule has 0 radical (unpaired) electrons. The van der Waals surface area contributed by atoms with Crippen LogP contribution in [0, 0.1) is 5.82 Å². The number of imidazole rings is 1. The number of halogens is 1. The number of hydrogen-bond donors (Lipinski definition) is 1. The van der Waals surface area contributed by atoms with Gasteiger partial charge in [-0.15, -0.1) is 0 Å². The third kappa shape index (κ3) is 5.44. The van der Waals surface area contributed by atoms with Gasteiger partial charge in [-0.2, -0.15) is 0 Å². The Morgan fingerprint density at radius 1 is 1.17 bits per heavy atom. The maximum Gasteiger partial charge on any atom is 0.271 e. The van der Waals surface area contributed by atoms with Crippen molar-refractivity contribution in [2.75, 3.05) is 26.2 Å². The van der Waals surface area contributed by atoms with E-state index in [2.05, 4.69) is 33.6 Å². The molecule has 0 saturated carbocycles. The number of carbonyl (C=O) groups excluding carboxylic acids is 1. The van der Waals surface area contributed by atoms with Gasteiger partial charge in [0.1, 0.15) is 17.3 Å². The van der Waals surface area contributed by atoms with Gasteiger partial charge in [0.25, 0.3) is 5.91 Å². The molecule has 0 aliphatic carbocycles. The van der Waals surface area contributed by atoms with Gasteiger partial charge >= 0.3 is 0 Å². The Labute approximate surface area is 173 Å². The van der Waals surface area contributed by atoms with Crippen molar-refractivity contribution in [1.29, 1.82) is 0 Å². The first-order chi connectivity index (χ1) is 14.1. The number of aromatic nitrogens is 2. The molecule has 6 heteroatoms. The Bertz CT molecular complexity index is 811. The number of rotatable bonds is 9. The van der Waals surface area contributed by atoms with E-state index in [4.69, 9.17) is 0 Å². The summed E-state index contributed by atoms with van der Waals surface area (Å²) in [6.45, 7) is 8.73. The lowest BCUT2D eigenvalue weighted by atomic mass is 10.1. The van der Waals surface area contributed by atoms with Crippen LogP contribution in [0.15, 0.2) is 24.3 Å². The Balaban J connectivity index is 1.78. The van der Waals surface area contributed by atoms with E-state index in [0.29, 0.717) is 18.1 Å². The monoisotopic (exact) mass is 400 g/mol. The molecule has 0 spiro atoms. The second kappa shape index (κ2) is 10.5.